The van der Waals surface area contributed by atoms with Gasteiger partial charge in [-0.1, -0.05) is 6.07 Å². The Kier molecular flexibility index (Phi) is 4.88. The van der Waals surface area contributed by atoms with Crippen LogP contribution < -0.4 is 5.32 Å². The van der Waals surface area contributed by atoms with Crippen LogP contribution in [0.2, 0.25) is 0 Å². The Balaban J connectivity index is 1.97. The summed E-state index contributed by atoms with van der Waals surface area (Å²) >= 11 is 0. The van der Waals surface area contributed by atoms with Crippen molar-refractivity contribution in [2.45, 2.75) is 25.8 Å². The standard InChI is InChI=1S/C15H22F2N2/c1-11(13-3-4-14(16)15(17)9-13)19(2)10-12-5-7-18-8-6-12/h3-4,9,11-12,18H,5-8,10H2,1-2H3. The van der Waals surface area contributed by atoms with Crippen LogP contribution in [-0.2, 0) is 0 Å². The van der Waals surface area contributed by atoms with E-state index in [1.807, 2.05) is 14.0 Å². The number of nitrogens with zero attached hydrogens (tertiary/aromatic N) is 1. The summed E-state index contributed by atoms with van der Waals surface area (Å²) in [6, 6.07) is 4.28. The molecule has 1 N–H and O–H groups in total. The molecule has 0 amide bonds. The molecule has 2 rings (SSSR count). The lowest BCUT2D eigenvalue weighted by Crippen LogP contribution is -2.35. The van der Waals surface area contributed by atoms with Crippen LogP contribution in [0, 0.1) is 17.6 Å². The van der Waals surface area contributed by atoms with Crippen molar-refractivity contribution in [3.63, 3.8) is 0 Å². The first kappa shape index (κ1) is 14.4. The molecule has 4 heteroatoms. The van der Waals surface area contributed by atoms with Crippen molar-refractivity contribution in [2.24, 2.45) is 5.92 Å². The highest BCUT2D eigenvalue weighted by atomic mass is 19.2. The van der Waals surface area contributed by atoms with E-state index < -0.39 is 11.6 Å². The van der Waals surface area contributed by atoms with Crippen molar-refractivity contribution >= 4 is 0 Å². The van der Waals surface area contributed by atoms with Crippen LogP contribution in [0.5, 0.6) is 0 Å². The van der Waals surface area contributed by atoms with E-state index in [4.69, 9.17) is 0 Å². The van der Waals surface area contributed by atoms with Gasteiger partial charge in [0, 0.05) is 12.6 Å². The van der Waals surface area contributed by atoms with Crippen LogP contribution in [0.4, 0.5) is 8.78 Å². The Morgan fingerprint density at radius 1 is 1.26 bits per heavy atom. The lowest BCUT2D eigenvalue weighted by atomic mass is 9.96. The fraction of sp³-hybridized carbons (Fsp3) is 0.600. The van der Waals surface area contributed by atoms with E-state index >= 15 is 0 Å². The molecule has 1 aliphatic heterocycles. The molecule has 2 nitrogen and oxygen atoms in total. The molecule has 0 radical (unpaired) electrons. The predicted octanol–water partition coefficient (Wildman–Crippen LogP) is 2.96. The van der Waals surface area contributed by atoms with E-state index in [2.05, 4.69) is 10.2 Å². The zero-order valence-corrected chi connectivity index (χ0v) is 11.6. The lowest BCUT2D eigenvalue weighted by Gasteiger charge is -2.31. The molecule has 1 fully saturated rings. The fourth-order valence-electron chi connectivity index (χ4n) is 2.66. The van der Waals surface area contributed by atoms with Crippen molar-refractivity contribution in [1.82, 2.24) is 10.2 Å². The second-order valence-electron chi connectivity index (χ2n) is 5.48. The van der Waals surface area contributed by atoms with E-state index in [9.17, 15) is 8.78 Å². The maximum absolute atomic E-state index is 13.3. The molecule has 1 aliphatic rings. The maximum atomic E-state index is 13.3. The van der Waals surface area contributed by atoms with Gasteiger partial charge in [-0.25, -0.2) is 8.78 Å². The molecule has 0 spiro atoms. The number of piperidine rings is 1. The highest BCUT2D eigenvalue weighted by Gasteiger charge is 2.19. The van der Waals surface area contributed by atoms with Gasteiger partial charge >= 0.3 is 0 Å². The summed E-state index contributed by atoms with van der Waals surface area (Å²) in [6.45, 7) is 5.20. The Morgan fingerprint density at radius 2 is 1.95 bits per heavy atom. The third kappa shape index (κ3) is 3.74. The van der Waals surface area contributed by atoms with Gasteiger partial charge in [-0.3, -0.25) is 4.90 Å². The van der Waals surface area contributed by atoms with Crippen LogP contribution in [0.25, 0.3) is 0 Å². The minimum atomic E-state index is -0.781. The minimum Gasteiger partial charge on any atom is -0.317 e. The molecule has 0 aromatic heterocycles. The van der Waals surface area contributed by atoms with Gasteiger partial charge in [-0.2, -0.15) is 0 Å². The summed E-state index contributed by atoms with van der Waals surface area (Å²) in [6.07, 6.45) is 2.38. The van der Waals surface area contributed by atoms with Crippen LogP contribution >= 0.6 is 0 Å². The first-order valence-corrected chi connectivity index (χ1v) is 6.94. The van der Waals surface area contributed by atoms with Gasteiger partial charge in [0.1, 0.15) is 0 Å². The van der Waals surface area contributed by atoms with Crippen LogP contribution in [0.3, 0.4) is 0 Å². The molecule has 1 heterocycles. The summed E-state index contributed by atoms with van der Waals surface area (Å²) in [7, 11) is 2.05. The fourth-order valence-corrected chi connectivity index (χ4v) is 2.66. The highest BCUT2D eigenvalue weighted by molar-refractivity contribution is 5.20. The largest absolute Gasteiger partial charge is 0.317 e. The Labute approximate surface area is 113 Å². The molecule has 0 bridgehead atoms. The van der Waals surface area contributed by atoms with Crippen molar-refractivity contribution in [3.8, 4) is 0 Å². The molecule has 1 aromatic carbocycles. The molecule has 1 saturated heterocycles. The zero-order valence-electron chi connectivity index (χ0n) is 11.6. The molecule has 1 atom stereocenters. The van der Waals surface area contributed by atoms with E-state index in [0.29, 0.717) is 5.92 Å². The number of halogens is 2. The number of nitrogens with one attached hydrogen (secondary N) is 1. The molecule has 19 heavy (non-hydrogen) atoms. The van der Waals surface area contributed by atoms with Gasteiger partial charge in [-0.15, -0.1) is 0 Å². The summed E-state index contributed by atoms with van der Waals surface area (Å²) in [5.41, 5.74) is 0.829. The lowest BCUT2D eigenvalue weighted by molar-refractivity contribution is 0.196. The van der Waals surface area contributed by atoms with Crippen molar-refractivity contribution in [1.29, 1.82) is 0 Å². The monoisotopic (exact) mass is 268 g/mol. The molecule has 0 saturated carbocycles. The maximum Gasteiger partial charge on any atom is 0.159 e. The first-order chi connectivity index (χ1) is 9.08. The normalized spacial score (nSPS) is 18.8. The average molecular weight is 268 g/mol. The minimum absolute atomic E-state index is 0.102. The number of rotatable bonds is 4. The molecular weight excluding hydrogens is 246 g/mol. The van der Waals surface area contributed by atoms with Crippen molar-refractivity contribution in [3.05, 3.63) is 35.4 Å². The predicted molar refractivity (Wildman–Crippen MR) is 73.0 cm³/mol. The highest BCUT2D eigenvalue weighted by Crippen LogP contribution is 2.23. The van der Waals surface area contributed by atoms with Gasteiger partial charge in [0.15, 0.2) is 11.6 Å². The second kappa shape index (κ2) is 6.44. The van der Waals surface area contributed by atoms with Gasteiger partial charge < -0.3 is 5.32 Å². The molecule has 0 aliphatic carbocycles. The summed E-state index contributed by atoms with van der Waals surface area (Å²) in [4.78, 5) is 2.22. The van der Waals surface area contributed by atoms with E-state index in [0.717, 1.165) is 25.2 Å². The summed E-state index contributed by atoms with van der Waals surface area (Å²) < 4.78 is 26.2. The third-order valence-electron chi connectivity index (χ3n) is 4.09. The van der Waals surface area contributed by atoms with E-state index in [-0.39, 0.29) is 6.04 Å². The molecular formula is C15H22F2N2. The smallest absolute Gasteiger partial charge is 0.159 e. The zero-order chi connectivity index (χ0) is 13.8. The number of hydrogen-bond acceptors (Lipinski definition) is 2. The topological polar surface area (TPSA) is 15.3 Å². The number of benzene rings is 1. The second-order valence-corrected chi connectivity index (χ2v) is 5.48. The van der Waals surface area contributed by atoms with Crippen molar-refractivity contribution in [2.75, 3.05) is 26.7 Å². The molecule has 1 aromatic rings. The first-order valence-electron chi connectivity index (χ1n) is 6.94. The molecule has 1 unspecified atom stereocenters. The van der Waals surface area contributed by atoms with Crippen molar-refractivity contribution < 1.29 is 8.78 Å². The third-order valence-corrected chi connectivity index (χ3v) is 4.09. The molecule has 106 valence electrons. The SMILES string of the molecule is CC(c1ccc(F)c(F)c1)N(C)CC1CCNCC1. The number of hydrogen-bond donors (Lipinski definition) is 1. The van der Waals surface area contributed by atoms with Crippen LogP contribution in [0.15, 0.2) is 18.2 Å². The van der Waals surface area contributed by atoms with Gasteiger partial charge in [0.2, 0.25) is 0 Å². The average Bonchev–Trinajstić information content (AvgIpc) is 2.42. The van der Waals surface area contributed by atoms with E-state index in [1.54, 1.807) is 6.07 Å². The Morgan fingerprint density at radius 3 is 2.58 bits per heavy atom. The Bertz CT molecular complexity index is 417. The van der Waals surface area contributed by atoms with Crippen LogP contribution in [-0.4, -0.2) is 31.6 Å². The van der Waals surface area contributed by atoms with E-state index in [1.165, 1.54) is 25.0 Å². The van der Waals surface area contributed by atoms with Gasteiger partial charge in [0.05, 0.1) is 0 Å². The van der Waals surface area contributed by atoms with Crippen LogP contribution in [0.1, 0.15) is 31.4 Å². The van der Waals surface area contributed by atoms with Gasteiger partial charge in [0.25, 0.3) is 0 Å². The quantitative estimate of drug-likeness (QED) is 0.903. The summed E-state index contributed by atoms with van der Waals surface area (Å²) in [5.74, 6) is -0.851. The Hall–Kier alpha value is -1.00. The van der Waals surface area contributed by atoms with Gasteiger partial charge in [-0.05, 0) is 63.5 Å². The summed E-state index contributed by atoms with van der Waals surface area (Å²) in [5, 5.41) is 3.35.